The summed E-state index contributed by atoms with van der Waals surface area (Å²) in [4.78, 5) is 28.6. The van der Waals surface area contributed by atoms with E-state index >= 15 is 0 Å². The summed E-state index contributed by atoms with van der Waals surface area (Å²) >= 11 is 1.42. The lowest BCUT2D eigenvalue weighted by molar-refractivity contribution is -0.132. The third-order valence-electron chi connectivity index (χ3n) is 5.54. The van der Waals surface area contributed by atoms with Gasteiger partial charge < -0.3 is 14.6 Å². The van der Waals surface area contributed by atoms with Crippen molar-refractivity contribution >= 4 is 34.5 Å². The Morgan fingerprint density at radius 3 is 2.65 bits per heavy atom. The lowest BCUT2D eigenvalue weighted by atomic mass is 9.96. The van der Waals surface area contributed by atoms with Crippen molar-refractivity contribution < 1.29 is 24.2 Å². The van der Waals surface area contributed by atoms with Gasteiger partial charge in [-0.3, -0.25) is 14.5 Å². The van der Waals surface area contributed by atoms with Crippen molar-refractivity contribution in [2.24, 2.45) is 0 Å². The van der Waals surface area contributed by atoms with Crippen LogP contribution in [0.2, 0.25) is 0 Å². The molecule has 1 N–H and O–H groups in total. The van der Waals surface area contributed by atoms with Crippen LogP contribution in [0, 0.1) is 13.8 Å². The number of Topliss-reactive ketones (excluding diaryl/α,β-unsaturated/α-hetero) is 1. The van der Waals surface area contributed by atoms with Crippen molar-refractivity contribution in [1.29, 1.82) is 0 Å². The van der Waals surface area contributed by atoms with Crippen LogP contribution in [-0.4, -0.2) is 23.6 Å². The van der Waals surface area contributed by atoms with E-state index in [4.69, 9.17) is 9.47 Å². The van der Waals surface area contributed by atoms with Crippen molar-refractivity contribution in [1.82, 2.24) is 0 Å². The Morgan fingerprint density at radius 1 is 1.06 bits per heavy atom. The molecular formula is C24H19NO5S. The number of aryl methyl sites for hydroxylation is 2. The lowest BCUT2D eigenvalue weighted by Crippen LogP contribution is -2.29. The minimum absolute atomic E-state index is 0.0822. The van der Waals surface area contributed by atoms with Gasteiger partial charge in [0.25, 0.3) is 11.7 Å². The Balaban J connectivity index is 1.71. The van der Waals surface area contributed by atoms with E-state index in [2.05, 4.69) is 0 Å². The topological polar surface area (TPSA) is 76.1 Å². The number of benzene rings is 2. The first-order chi connectivity index (χ1) is 15.0. The fourth-order valence-corrected chi connectivity index (χ4v) is 4.81. The Labute approximate surface area is 183 Å². The van der Waals surface area contributed by atoms with Crippen LogP contribution >= 0.6 is 11.3 Å². The zero-order valence-corrected chi connectivity index (χ0v) is 17.7. The number of carbonyl (C=O) groups excluding carboxylic acids is 2. The maximum absolute atomic E-state index is 13.2. The van der Waals surface area contributed by atoms with Gasteiger partial charge in [-0.15, -0.1) is 11.3 Å². The SMILES string of the molecule is Cc1ccc(C)c(/C(O)=C2/C(=O)C(=O)N(c3ccc4c(c3)OCO4)C2c2cccs2)c1. The van der Waals surface area contributed by atoms with Crippen molar-refractivity contribution in [3.8, 4) is 11.5 Å². The second kappa shape index (κ2) is 7.28. The number of aliphatic hydroxyl groups is 1. The molecule has 3 aromatic rings. The fourth-order valence-electron chi connectivity index (χ4n) is 3.99. The molecule has 1 amide bonds. The second-order valence-corrected chi connectivity index (χ2v) is 8.52. The summed E-state index contributed by atoms with van der Waals surface area (Å²) in [5.41, 5.74) is 2.90. The number of hydrogen-bond donors (Lipinski definition) is 1. The largest absolute Gasteiger partial charge is 0.507 e. The zero-order chi connectivity index (χ0) is 21.7. The van der Waals surface area contributed by atoms with Crippen molar-refractivity contribution in [3.63, 3.8) is 0 Å². The van der Waals surface area contributed by atoms with Crippen LogP contribution in [0.25, 0.3) is 5.76 Å². The molecule has 0 saturated carbocycles. The maximum Gasteiger partial charge on any atom is 0.300 e. The molecule has 1 atom stereocenters. The average molecular weight is 433 g/mol. The van der Waals surface area contributed by atoms with E-state index < -0.39 is 17.7 Å². The number of rotatable bonds is 3. The highest BCUT2D eigenvalue weighted by Gasteiger charge is 2.47. The molecule has 3 heterocycles. The predicted molar refractivity (Wildman–Crippen MR) is 118 cm³/mol. The normalized spacial score (nSPS) is 19.3. The molecule has 1 saturated heterocycles. The minimum Gasteiger partial charge on any atom is -0.507 e. The molecule has 0 radical (unpaired) electrons. The van der Waals surface area contributed by atoms with Gasteiger partial charge in [0.1, 0.15) is 11.8 Å². The highest BCUT2D eigenvalue weighted by molar-refractivity contribution is 7.10. The van der Waals surface area contributed by atoms with E-state index in [-0.39, 0.29) is 18.1 Å². The quantitative estimate of drug-likeness (QED) is 0.367. The molecular weight excluding hydrogens is 414 g/mol. The molecule has 5 rings (SSSR count). The van der Waals surface area contributed by atoms with Gasteiger partial charge in [0.05, 0.1) is 5.57 Å². The number of fused-ring (bicyclic) bond motifs is 1. The van der Waals surface area contributed by atoms with Gasteiger partial charge in [0.15, 0.2) is 11.5 Å². The molecule has 0 spiro atoms. The molecule has 6 nitrogen and oxygen atoms in total. The average Bonchev–Trinajstić information content (AvgIpc) is 3.49. The van der Waals surface area contributed by atoms with E-state index in [9.17, 15) is 14.7 Å². The Hall–Kier alpha value is -3.58. The van der Waals surface area contributed by atoms with E-state index in [0.29, 0.717) is 22.7 Å². The molecule has 156 valence electrons. The molecule has 0 bridgehead atoms. The van der Waals surface area contributed by atoms with Crippen LogP contribution in [0.15, 0.2) is 59.5 Å². The molecule has 2 aliphatic heterocycles. The van der Waals surface area contributed by atoms with Gasteiger partial charge in [0.2, 0.25) is 6.79 Å². The first-order valence-corrected chi connectivity index (χ1v) is 10.7. The lowest BCUT2D eigenvalue weighted by Gasteiger charge is -2.24. The van der Waals surface area contributed by atoms with Gasteiger partial charge in [-0.1, -0.05) is 23.8 Å². The standard InChI is InChI=1S/C24H19NO5S/c1-13-5-6-14(2)16(10-13)22(26)20-21(19-4-3-9-31-19)25(24(28)23(20)27)15-7-8-17-18(11-15)30-12-29-17/h3-11,21,26H,12H2,1-2H3/b22-20-. The molecule has 0 aliphatic carbocycles. The number of amides is 1. The van der Waals surface area contributed by atoms with E-state index in [1.165, 1.54) is 16.2 Å². The Kier molecular flexibility index (Phi) is 4.55. The Morgan fingerprint density at radius 2 is 1.87 bits per heavy atom. The summed E-state index contributed by atoms with van der Waals surface area (Å²) in [6, 6.07) is 13.8. The highest BCUT2D eigenvalue weighted by Crippen LogP contribution is 2.46. The van der Waals surface area contributed by atoms with Gasteiger partial charge in [-0.05, 0) is 49.1 Å². The van der Waals surface area contributed by atoms with Crippen LogP contribution in [0.5, 0.6) is 11.5 Å². The minimum atomic E-state index is -0.736. The zero-order valence-electron chi connectivity index (χ0n) is 16.9. The number of hydrogen-bond acceptors (Lipinski definition) is 6. The first kappa shape index (κ1) is 19.4. The first-order valence-electron chi connectivity index (χ1n) is 9.77. The van der Waals surface area contributed by atoms with Crippen LogP contribution in [-0.2, 0) is 9.59 Å². The summed E-state index contributed by atoms with van der Waals surface area (Å²) in [6.07, 6.45) is 0. The van der Waals surface area contributed by atoms with E-state index in [0.717, 1.165) is 16.0 Å². The molecule has 1 aromatic heterocycles. The number of anilines is 1. The van der Waals surface area contributed by atoms with Crippen LogP contribution in [0.1, 0.15) is 27.6 Å². The van der Waals surface area contributed by atoms with Crippen LogP contribution in [0.4, 0.5) is 5.69 Å². The summed E-state index contributed by atoms with van der Waals surface area (Å²) in [5, 5.41) is 13.1. The number of ketones is 1. The molecule has 31 heavy (non-hydrogen) atoms. The third-order valence-corrected chi connectivity index (χ3v) is 6.46. The summed E-state index contributed by atoms with van der Waals surface area (Å²) in [6.45, 7) is 3.89. The number of aliphatic hydroxyl groups excluding tert-OH is 1. The van der Waals surface area contributed by atoms with Gasteiger partial charge >= 0.3 is 0 Å². The molecule has 1 unspecified atom stereocenters. The van der Waals surface area contributed by atoms with Crippen LogP contribution < -0.4 is 14.4 Å². The monoisotopic (exact) mass is 433 g/mol. The second-order valence-electron chi connectivity index (χ2n) is 7.54. The van der Waals surface area contributed by atoms with Crippen molar-refractivity contribution in [2.45, 2.75) is 19.9 Å². The summed E-state index contributed by atoms with van der Waals surface area (Å²) < 4.78 is 10.8. The summed E-state index contributed by atoms with van der Waals surface area (Å²) in [7, 11) is 0. The van der Waals surface area contributed by atoms with Crippen molar-refractivity contribution in [3.05, 3.63) is 81.1 Å². The molecule has 2 aromatic carbocycles. The van der Waals surface area contributed by atoms with Crippen LogP contribution in [0.3, 0.4) is 0 Å². The van der Waals surface area contributed by atoms with Gasteiger partial charge in [0, 0.05) is 22.2 Å². The molecule has 1 fully saturated rings. The number of carbonyl (C=O) groups is 2. The van der Waals surface area contributed by atoms with Gasteiger partial charge in [-0.25, -0.2) is 0 Å². The molecule has 7 heteroatoms. The van der Waals surface area contributed by atoms with E-state index in [1.54, 1.807) is 18.2 Å². The van der Waals surface area contributed by atoms with Gasteiger partial charge in [-0.2, -0.15) is 0 Å². The van der Waals surface area contributed by atoms with E-state index in [1.807, 2.05) is 49.6 Å². The fraction of sp³-hybridized carbons (Fsp3) is 0.167. The summed E-state index contributed by atoms with van der Waals surface area (Å²) in [5.74, 6) is -0.470. The predicted octanol–water partition coefficient (Wildman–Crippen LogP) is 4.72. The number of nitrogens with zero attached hydrogens (tertiary/aromatic N) is 1. The maximum atomic E-state index is 13.2. The smallest absolute Gasteiger partial charge is 0.300 e. The number of ether oxygens (including phenoxy) is 2. The third kappa shape index (κ3) is 3.09. The van der Waals surface area contributed by atoms with Crippen molar-refractivity contribution in [2.75, 3.05) is 11.7 Å². The molecule has 2 aliphatic rings. The highest BCUT2D eigenvalue weighted by atomic mass is 32.1. The Bertz CT molecular complexity index is 1240. The number of thiophene rings is 1.